The topological polar surface area (TPSA) is 33.0 Å². The van der Waals surface area contributed by atoms with E-state index in [2.05, 4.69) is 15.9 Å². The number of nitrogens with zero attached hydrogens (tertiary/aromatic N) is 1. The van der Waals surface area contributed by atoms with Gasteiger partial charge in [0, 0.05) is 5.02 Å². The van der Waals surface area contributed by atoms with Crippen LogP contribution in [0.2, 0.25) is 10.0 Å². The summed E-state index contributed by atoms with van der Waals surface area (Å²) in [5.74, 6) is 0.524. The van der Waals surface area contributed by atoms with Crippen molar-refractivity contribution >= 4 is 39.1 Å². The predicted molar refractivity (Wildman–Crippen MR) is 79.7 cm³/mol. The summed E-state index contributed by atoms with van der Waals surface area (Å²) in [5.41, 5.74) is 1.47. The van der Waals surface area contributed by atoms with Gasteiger partial charge in [0.25, 0.3) is 0 Å². The second kappa shape index (κ2) is 6.29. The first-order valence-electron chi connectivity index (χ1n) is 5.36. The minimum atomic E-state index is 0.376. The molecule has 2 rings (SSSR count). The predicted octanol–water partition coefficient (Wildman–Crippen LogP) is 5.21. The summed E-state index contributed by atoms with van der Waals surface area (Å²) in [6, 6.07) is 12.6. The van der Waals surface area contributed by atoms with Gasteiger partial charge in [-0.05, 0) is 45.8 Å². The van der Waals surface area contributed by atoms with Crippen LogP contribution in [0.3, 0.4) is 0 Å². The third kappa shape index (κ3) is 3.63. The van der Waals surface area contributed by atoms with Crippen LogP contribution in [-0.2, 0) is 6.61 Å². The molecule has 0 radical (unpaired) electrons. The van der Waals surface area contributed by atoms with Gasteiger partial charge >= 0.3 is 0 Å². The first-order valence-corrected chi connectivity index (χ1v) is 6.91. The smallest absolute Gasteiger partial charge is 0.152 e. The molecule has 2 aromatic rings. The first kappa shape index (κ1) is 14.2. The van der Waals surface area contributed by atoms with Crippen LogP contribution in [0.15, 0.2) is 40.9 Å². The highest BCUT2D eigenvalue weighted by atomic mass is 79.9. The van der Waals surface area contributed by atoms with Gasteiger partial charge < -0.3 is 4.74 Å². The standard InChI is InChI=1S/C14H8BrCl2NO/c15-12-5-10(7-18)6-13(17)14(12)19-8-9-1-3-11(16)4-2-9/h1-6H,8H2. The van der Waals surface area contributed by atoms with Gasteiger partial charge in [-0.15, -0.1) is 0 Å². The van der Waals surface area contributed by atoms with Crippen LogP contribution in [0.5, 0.6) is 5.75 Å². The summed E-state index contributed by atoms with van der Waals surface area (Å²) >= 11 is 15.2. The molecule has 0 saturated carbocycles. The Morgan fingerprint density at radius 3 is 2.42 bits per heavy atom. The average molecular weight is 357 g/mol. The summed E-state index contributed by atoms with van der Waals surface area (Å²) in [4.78, 5) is 0. The van der Waals surface area contributed by atoms with Gasteiger partial charge in [-0.1, -0.05) is 35.3 Å². The molecule has 0 bridgehead atoms. The number of nitriles is 1. The Kier molecular flexibility index (Phi) is 4.71. The van der Waals surface area contributed by atoms with Crippen LogP contribution >= 0.6 is 39.1 Å². The Morgan fingerprint density at radius 2 is 1.84 bits per heavy atom. The van der Waals surface area contributed by atoms with Crippen molar-refractivity contribution in [1.82, 2.24) is 0 Å². The average Bonchev–Trinajstić information content (AvgIpc) is 2.39. The normalized spacial score (nSPS) is 10.0. The lowest BCUT2D eigenvalue weighted by Gasteiger charge is -2.10. The molecule has 0 unspecified atom stereocenters. The van der Waals surface area contributed by atoms with E-state index in [-0.39, 0.29) is 0 Å². The van der Waals surface area contributed by atoms with Crippen molar-refractivity contribution in [2.24, 2.45) is 0 Å². The summed E-state index contributed by atoms with van der Waals surface area (Å²) in [5, 5.41) is 9.91. The maximum absolute atomic E-state index is 8.83. The van der Waals surface area contributed by atoms with Crippen molar-refractivity contribution in [3.63, 3.8) is 0 Å². The van der Waals surface area contributed by atoms with Gasteiger partial charge in [-0.3, -0.25) is 0 Å². The van der Waals surface area contributed by atoms with E-state index in [9.17, 15) is 0 Å². The SMILES string of the molecule is N#Cc1cc(Cl)c(OCc2ccc(Cl)cc2)c(Br)c1. The van der Waals surface area contributed by atoms with Crippen LogP contribution in [0.25, 0.3) is 0 Å². The monoisotopic (exact) mass is 355 g/mol. The fourth-order valence-corrected chi connectivity index (χ4v) is 2.59. The molecule has 0 N–H and O–H groups in total. The zero-order chi connectivity index (χ0) is 13.8. The van der Waals surface area contributed by atoms with E-state index in [1.54, 1.807) is 24.3 Å². The highest BCUT2D eigenvalue weighted by Gasteiger charge is 2.09. The fourth-order valence-electron chi connectivity index (χ4n) is 1.50. The third-order valence-corrected chi connectivity index (χ3v) is 3.55. The van der Waals surface area contributed by atoms with Crippen LogP contribution in [0.1, 0.15) is 11.1 Å². The first-order chi connectivity index (χ1) is 9.10. The molecule has 96 valence electrons. The lowest BCUT2D eigenvalue weighted by Crippen LogP contribution is -1.97. The van der Waals surface area contributed by atoms with Crippen molar-refractivity contribution in [2.45, 2.75) is 6.61 Å². The van der Waals surface area contributed by atoms with Crippen LogP contribution in [0.4, 0.5) is 0 Å². The van der Waals surface area contributed by atoms with Crippen molar-refractivity contribution in [3.8, 4) is 11.8 Å². The summed E-state index contributed by atoms with van der Waals surface area (Å²) in [6.07, 6.45) is 0. The van der Waals surface area contributed by atoms with Gasteiger partial charge in [-0.25, -0.2) is 0 Å². The molecule has 0 aliphatic heterocycles. The van der Waals surface area contributed by atoms with Gasteiger partial charge in [0.2, 0.25) is 0 Å². The largest absolute Gasteiger partial charge is 0.486 e. The van der Waals surface area contributed by atoms with Gasteiger partial charge in [-0.2, -0.15) is 5.26 Å². The van der Waals surface area contributed by atoms with Crippen LogP contribution < -0.4 is 4.74 Å². The quantitative estimate of drug-likeness (QED) is 0.756. The minimum Gasteiger partial charge on any atom is -0.486 e. The molecule has 0 spiro atoms. The van der Waals surface area contributed by atoms with Crippen molar-refractivity contribution < 1.29 is 4.74 Å². The highest BCUT2D eigenvalue weighted by Crippen LogP contribution is 2.34. The number of halogens is 3. The lowest BCUT2D eigenvalue weighted by molar-refractivity contribution is 0.304. The maximum atomic E-state index is 8.83. The molecule has 19 heavy (non-hydrogen) atoms. The second-order valence-corrected chi connectivity index (χ2v) is 5.49. The Labute approximate surface area is 129 Å². The molecule has 0 amide bonds. The molecule has 0 heterocycles. The number of ether oxygens (including phenoxy) is 1. The summed E-state index contributed by atoms with van der Waals surface area (Å²) in [7, 11) is 0. The molecule has 0 saturated heterocycles. The van der Waals surface area contributed by atoms with E-state index < -0.39 is 0 Å². The van der Waals surface area contributed by atoms with Crippen LogP contribution in [0, 0.1) is 11.3 Å². The molecule has 5 heteroatoms. The third-order valence-electron chi connectivity index (χ3n) is 2.42. The molecule has 0 fully saturated rings. The second-order valence-electron chi connectivity index (χ2n) is 3.80. The van der Waals surface area contributed by atoms with Gasteiger partial charge in [0.15, 0.2) is 5.75 Å². The van der Waals surface area contributed by atoms with E-state index in [0.717, 1.165) is 5.56 Å². The summed E-state index contributed by atoms with van der Waals surface area (Å²) in [6.45, 7) is 0.376. The van der Waals surface area contributed by atoms with Crippen molar-refractivity contribution in [2.75, 3.05) is 0 Å². The Hall–Kier alpha value is -1.21. The lowest BCUT2D eigenvalue weighted by atomic mass is 10.2. The highest BCUT2D eigenvalue weighted by molar-refractivity contribution is 9.10. The van der Waals surface area contributed by atoms with Crippen molar-refractivity contribution in [3.05, 3.63) is 62.0 Å². The van der Waals surface area contributed by atoms with E-state index in [0.29, 0.717) is 32.4 Å². The van der Waals surface area contributed by atoms with Gasteiger partial charge in [0.05, 0.1) is 21.1 Å². The molecular weight excluding hydrogens is 349 g/mol. The number of rotatable bonds is 3. The Balaban J connectivity index is 2.16. The Bertz CT molecular complexity index is 612. The Morgan fingerprint density at radius 1 is 1.16 bits per heavy atom. The minimum absolute atomic E-state index is 0.376. The zero-order valence-electron chi connectivity index (χ0n) is 9.66. The number of hydrogen-bond acceptors (Lipinski definition) is 2. The zero-order valence-corrected chi connectivity index (χ0v) is 12.8. The summed E-state index contributed by atoms with van der Waals surface area (Å²) < 4.78 is 6.32. The molecule has 0 aromatic heterocycles. The molecular formula is C14H8BrCl2NO. The maximum Gasteiger partial charge on any atom is 0.152 e. The van der Waals surface area contributed by atoms with Crippen molar-refractivity contribution in [1.29, 1.82) is 5.26 Å². The fraction of sp³-hybridized carbons (Fsp3) is 0.0714. The van der Waals surface area contributed by atoms with Crippen LogP contribution in [-0.4, -0.2) is 0 Å². The van der Waals surface area contributed by atoms with E-state index in [4.69, 9.17) is 33.2 Å². The molecule has 2 aromatic carbocycles. The van der Waals surface area contributed by atoms with E-state index in [1.807, 2.05) is 18.2 Å². The van der Waals surface area contributed by atoms with E-state index in [1.165, 1.54) is 0 Å². The number of benzene rings is 2. The molecule has 0 atom stereocenters. The molecule has 0 aliphatic carbocycles. The molecule has 2 nitrogen and oxygen atoms in total. The van der Waals surface area contributed by atoms with Gasteiger partial charge in [0.1, 0.15) is 6.61 Å². The number of hydrogen-bond donors (Lipinski definition) is 0. The molecule has 0 aliphatic rings. The van der Waals surface area contributed by atoms with E-state index >= 15 is 0 Å².